The van der Waals surface area contributed by atoms with E-state index in [1.807, 2.05) is 45.9 Å². The van der Waals surface area contributed by atoms with Crippen LogP contribution in [-0.2, 0) is 4.74 Å². The summed E-state index contributed by atoms with van der Waals surface area (Å²) in [5.41, 5.74) is 6.75. The number of nitrogens with two attached hydrogens (primary N) is 1. The molecule has 0 fully saturated rings. The third-order valence-electron chi connectivity index (χ3n) is 2.59. The fraction of sp³-hybridized carbons (Fsp3) is 0.600. The van der Waals surface area contributed by atoms with E-state index in [4.69, 9.17) is 19.9 Å². The molecule has 0 amide bonds. The summed E-state index contributed by atoms with van der Waals surface area (Å²) in [6.07, 6.45) is 0. The Bertz CT molecular complexity index is 397. The van der Waals surface area contributed by atoms with Gasteiger partial charge < -0.3 is 19.9 Å². The third kappa shape index (κ3) is 5.49. The van der Waals surface area contributed by atoms with Crippen molar-refractivity contribution >= 4 is 0 Å². The first-order valence-electron chi connectivity index (χ1n) is 6.54. The zero-order valence-electron chi connectivity index (χ0n) is 12.5. The van der Waals surface area contributed by atoms with Gasteiger partial charge in [0, 0.05) is 17.7 Å². The minimum absolute atomic E-state index is 0.0792. The van der Waals surface area contributed by atoms with Gasteiger partial charge in [0.05, 0.1) is 19.3 Å². The van der Waals surface area contributed by atoms with Gasteiger partial charge in [-0.15, -0.1) is 0 Å². The molecular weight excluding hydrogens is 242 g/mol. The molecule has 0 aliphatic carbocycles. The lowest BCUT2D eigenvalue weighted by molar-refractivity contribution is -0.0164. The number of benzene rings is 1. The molecule has 1 aromatic carbocycles. The molecule has 19 heavy (non-hydrogen) atoms. The molecule has 0 radical (unpaired) electrons. The predicted octanol–water partition coefficient (Wildman–Crippen LogP) is 2.91. The number of rotatable bonds is 6. The molecular formula is C15H25NO3. The Hall–Kier alpha value is -1.26. The van der Waals surface area contributed by atoms with Gasteiger partial charge >= 0.3 is 0 Å². The van der Waals surface area contributed by atoms with E-state index in [0.29, 0.717) is 13.2 Å². The molecule has 1 atom stereocenters. The second-order valence-corrected chi connectivity index (χ2v) is 5.50. The summed E-state index contributed by atoms with van der Waals surface area (Å²) in [5.74, 6) is 1.52. The van der Waals surface area contributed by atoms with Crippen LogP contribution in [0.4, 0.5) is 0 Å². The predicted molar refractivity (Wildman–Crippen MR) is 76.8 cm³/mol. The fourth-order valence-corrected chi connectivity index (χ4v) is 1.64. The van der Waals surface area contributed by atoms with Crippen LogP contribution in [0.2, 0.25) is 0 Å². The van der Waals surface area contributed by atoms with Gasteiger partial charge in [0.2, 0.25) is 0 Å². The molecule has 0 aromatic heterocycles. The summed E-state index contributed by atoms with van der Waals surface area (Å²) in [7, 11) is 1.63. The van der Waals surface area contributed by atoms with E-state index in [1.165, 1.54) is 0 Å². The first kappa shape index (κ1) is 15.8. The quantitative estimate of drug-likeness (QED) is 0.805. The number of hydrogen-bond acceptors (Lipinski definition) is 4. The van der Waals surface area contributed by atoms with Gasteiger partial charge in [-0.3, -0.25) is 0 Å². The van der Waals surface area contributed by atoms with Crippen LogP contribution in [0.5, 0.6) is 11.5 Å². The molecule has 0 heterocycles. The molecule has 1 rings (SSSR count). The van der Waals surface area contributed by atoms with Crippen LogP contribution in [0, 0.1) is 0 Å². The second kappa shape index (κ2) is 6.78. The summed E-state index contributed by atoms with van der Waals surface area (Å²) < 4.78 is 16.6. The minimum Gasteiger partial charge on any atom is -0.497 e. The van der Waals surface area contributed by atoms with Crippen LogP contribution in [0.1, 0.15) is 39.3 Å². The largest absolute Gasteiger partial charge is 0.497 e. The standard InChI is InChI=1S/C15H25NO3/c1-11(16)13-7-6-12(17-5)10-14(13)18-8-9-19-15(2,3)4/h6-7,10-11H,8-9,16H2,1-5H3/t11-/m1/s1. The molecule has 0 saturated heterocycles. The Morgan fingerprint density at radius 3 is 2.42 bits per heavy atom. The molecule has 1 aromatic rings. The Labute approximate surface area is 115 Å². The monoisotopic (exact) mass is 267 g/mol. The van der Waals surface area contributed by atoms with Crippen molar-refractivity contribution in [3.05, 3.63) is 23.8 Å². The van der Waals surface area contributed by atoms with Gasteiger partial charge in [0.1, 0.15) is 18.1 Å². The Kier molecular flexibility index (Phi) is 5.63. The molecule has 0 spiro atoms. The topological polar surface area (TPSA) is 53.7 Å². The van der Waals surface area contributed by atoms with Crippen LogP contribution in [-0.4, -0.2) is 25.9 Å². The average Bonchev–Trinajstić information content (AvgIpc) is 2.33. The minimum atomic E-state index is -0.151. The second-order valence-electron chi connectivity index (χ2n) is 5.50. The van der Waals surface area contributed by atoms with Crippen molar-refractivity contribution in [3.8, 4) is 11.5 Å². The molecule has 4 nitrogen and oxygen atoms in total. The van der Waals surface area contributed by atoms with Crippen molar-refractivity contribution < 1.29 is 14.2 Å². The highest BCUT2D eigenvalue weighted by atomic mass is 16.5. The molecule has 0 aliphatic heterocycles. The maximum Gasteiger partial charge on any atom is 0.127 e. The van der Waals surface area contributed by atoms with Gasteiger partial charge in [0.15, 0.2) is 0 Å². The molecule has 0 bridgehead atoms. The van der Waals surface area contributed by atoms with E-state index < -0.39 is 0 Å². The molecule has 2 N–H and O–H groups in total. The van der Waals surface area contributed by atoms with Gasteiger partial charge in [-0.25, -0.2) is 0 Å². The SMILES string of the molecule is COc1ccc([C@@H](C)N)c(OCCOC(C)(C)C)c1. The highest BCUT2D eigenvalue weighted by molar-refractivity contribution is 5.42. The Morgan fingerprint density at radius 2 is 1.89 bits per heavy atom. The first-order chi connectivity index (χ1) is 8.83. The van der Waals surface area contributed by atoms with E-state index in [9.17, 15) is 0 Å². The first-order valence-corrected chi connectivity index (χ1v) is 6.54. The number of hydrogen-bond donors (Lipinski definition) is 1. The maximum absolute atomic E-state index is 5.93. The lowest BCUT2D eigenvalue weighted by Crippen LogP contribution is -2.22. The summed E-state index contributed by atoms with van der Waals surface area (Å²) in [6.45, 7) is 9.02. The Balaban J connectivity index is 2.65. The van der Waals surface area contributed by atoms with Crippen LogP contribution in [0.25, 0.3) is 0 Å². The van der Waals surface area contributed by atoms with Crippen LogP contribution in [0.3, 0.4) is 0 Å². The number of methoxy groups -OCH3 is 1. The summed E-state index contributed by atoms with van der Waals surface area (Å²) in [6, 6.07) is 5.60. The summed E-state index contributed by atoms with van der Waals surface area (Å²) in [4.78, 5) is 0. The summed E-state index contributed by atoms with van der Waals surface area (Å²) >= 11 is 0. The van der Waals surface area contributed by atoms with Crippen molar-refractivity contribution in [1.29, 1.82) is 0 Å². The van der Waals surface area contributed by atoms with Gasteiger partial charge in [0.25, 0.3) is 0 Å². The van der Waals surface area contributed by atoms with E-state index >= 15 is 0 Å². The van der Waals surface area contributed by atoms with Gasteiger partial charge in [-0.1, -0.05) is 6.07 Å². The molecule has 108 valence electrons. The van der Waals surface area contributed by atoms with Crippen molar-refractivity contribution in [2.24, 2.45) is 5.73 Å². The van der Waals surface area contributed by atoms with E-state index in [0.717, 1.165) is 17.1 Å². The van der Waals surface area contributed by atoms with Crippen molar-refractivity contribution in [2.75, 3.05) is 20.3 Å². The van der Waals surface area contributed by atoms with E-state index in [2.05, 4.69) is 0 Å². The van der Waals surface area contributed by atoms with Crippen LogP contribution < -0.4 is 15.2 Å². The average molecular weight is 267 g/mol. The molecule has 0 saturated carbocycles. The molecule has 0 unspecified atom stereocenters. The molecule has 4 heteroatoms. The van der Waals surface area contributed by atoms with Crippen molar-refractivity contribution in [1.82, 2.24) is 0 Å². The normalized spacial score (nSPS) is 13.2. The lowest BCUT2D eigenvalue weighted by Gasteiger charge is -2.20. The highest BCUT2D eigenvalue weighted by Gasteiger charge is 2.12. The van der Waals surface area contributed by atoms with Crippen LogP contribution >= 0.6 is 0 Å². The fourth-order valence-electron chi connectivity index (χ4n) is 1.64. The zero-order valence-corrected chi connectivity index (χ0v) is 12.5. The van der Waals surface area contributed by atoms with Gasteiger partial charge in [-0.2, -0.15) is 0 Å². The van der Waals surface area contributed by atoms with Crippen LogP contribution in [0.15, 0.2) is 18.2 Å². The van der Waals surface area contributed by atoms with E-state index in [-0.39, 0.29) is 11.6 Å². The number of ether oxygens (including phenoxy) is 3. The zero-order chi connectivity index (χ0) is 14.5. The molecule has 0 aliphatic rings. The smallest absolute Gasteiger partial charge is 0.127 e. The highest BCUT2D eigenvalue weighted by Crippen LogP contribution is 2.28. The maximum atomic E-state index is 5.93. The van der Waals surface area contributed by atoms with Crippen molar-refractivity contribution in [2.45, 2.75) is 39.3 Å². The van der Waals surface area contributed by atoms with Gasteiger partial charge in [-0.05, 0) is 33.8 Å². The van der Waals surface area contributed by atoms with Crippen molar-refractivity contribution in [3.63, 3.8) is 0 Å². The lowest BCUT2D eigenvalue weighted by atomic mass is 10.1. The van der Waals surface area contributed by atoms with E-state index in [1.54, 1.807) is 7.11 Å². The Morgan fingerprint density at radius 1 is 1.21 bits per heavy atom. The third-order valence-corrected chi connectivity index (χ3v) is 2.59. The summed E-state index contributed by atoms with van der Waals surface area (Å²) in [5, 5.41) is 0.